The quantitative estimate of drug-likeness (QED) is 0.637. The first-order chi connectivity index (χ1) is 9.52. The number of rotatable bonds is 4. The monoisotopic (exact) mass is 332 g/mol. The van der Waals surface area contributed by atoms with E-state index in [0.29, 0.717) is 26.2 Å². The van der Waals surface area contributed by atoms with Crippen molar-refractivity contribution in [2.24, 2.45) is 5.84 Å². The molecule has 0 aliphatic carbocycles. The van der Waals surface area contributed by atoms with E-state index in [-0.39, 0.29) is 12.2 Å². The van der Waals surface area contributed by atoms with Crippen molar-refractivity contribution in [2.45, 2.75) is 12.5 Å². The summed E-state index contributed by atoms with van der Waals surface area (Å²) in [6.07, 6.45) is 0.266. The van der Waals surface area contributed by atoms with Crippen molar-refractivity contribution in [2.75, 3.05) is 0 Å². The van der Waals surface area contributed by atoms with Gasteiger partial charge in [-0.15, -0.1) is 0 Å². The highest BCUT2D eigenvalue weighted by molar-refractivity contribution is 6.33. The van der Waals surface area contributed by atoms with Gasteiger partial charge in [0.25, 0.3) is 0 Å². The van der Waals surface area contributed by atoms with Crippen LogP contribution < -0.4 is 11.3 Å². The molecule has 20 heavy (non-hydrogen) atoms. The fourth-order valence-corrected chi connectivity index (χ4v) is 2.64. The van der Waals surface area contributed by atoms with Gasteiger partial charge in [0.15, 0.2) is 0 Å². The van der Waals surface area contributed by atoms with Crippen molar-refractivity contribution >= 4 is 34.8 Å². The molecule has 0 aromatic heterocycles. The zero-order valence-electron chi connectivity index (χ0n) is 10.3. The number of halogens is 4. The van der Waals surface area contributed by atoms with E-state index < -0.39 is 6.04 Å². The zero-order chi connectivity index (χ0) is 14.7. The lowest BCUT2D eigenvalue weighted by Gasteiger charge is -2.19. The normalized spacial score (nSPS) is 12.4. The second-order valence-corrected chi connectivity index (χ2v) is 5.54. The third-order valence-corrected chi connectivity index (χ3v) is 3.94. The molecule has 0 bridgehead atoms. The average Bonchev–Trinajstić information content (AvgIpc) is 2.42. The van der Waals surface area contributed by atoms with Gasteiger partial charge in [-0.25, -0.2) is 4.39 Å². The Bertz CT molecular complexity index is 599. The van der Waals surface area contributed by atoms with Crippen molar-refractivity contribution in [1.82, 2.24) is 5.43 Å². The van der Waals surface area contributed by atoms with Crippen LogP contribution in [0.25, 0.3) is 0 Å². The van der Waals surface area contributed by atoms with Gasteiger partial charge >= 0.3 is 0 Å². The van der Waals surface area contributed by atoms with Gasteiger partial charge < -0.3 is 0 Å². The Balaban J connectivity index is 2.36. The summed E-state index contributed by atoms with van der Waals surface area (Å²) in [7, 11) is 0. The lowest BCUT2D eigenvalue weighted by molar-refractivity contribution is 0.529. The minimum Gasteiger partial charge on any atom is -0.271 e. The largest absolute Gasteiger partial charge is 0.271 e. The van der Waals surface area contributed by atoms with Crippen LogP contribution in [0.5, 0.6) is 0 Å². The summed E-state index contributed by atoms with van der Waals surface area (Å²) >= 11 is 18.1. The number of hydrogen-bond acceptors (Lipinski definition) is 2. The van der Waals surface area contributed by atoms with Crippen molar-refractivity contribution in [3.05, 3.63) is 68.4 Å². The van der Waals surface area contributed by atoms with E-state index in [4.69, 9.17) is 40.6 Å². The Morgan fingerprint density at radius 1 is 1.10 bits per heavy atom. The summed E-state index contributed by atoms with van der Waals surface area (Å²) in [5, 5.41) is 1.39. The molecule has 1 atom stereocenters. The molecule has 0 radical (unpaired) electrons. The highest BCUT2D eigenvalue weighted by atomic mass is 35.5. The molecule has 106 valence electrons. The number of nitrogens with one attached hydrogen (secondary N) is 1. The van der Waals surface area contributed by atoms with E-state index in [9.17, 15) is 4.39 Å². The van der Waals surface area contributed by atoms with Gasteiger partial charge in [-0.1, -0.05) is 40.9 Å². The molecule has 0 spiro atoms. The fraction of sp³-hybridized carbons (Fsp3) is 0.143. The van der Waals surface area contributed by atoms with Crippen LogP contribution in [0.3, 0.4) is 0 Å². The Morgan fingerprint density at radius 2 is 1.85 bits per heavy atom. The van der Waals surface area contributed by atoms with Crippen LogP contribution in [0.4, 0.5) is 4.39 Å². The smallest absolute Gasteiger partial charge is 0.127 e. The van der Waals surface area contributed by atoms with Crippen LogP contribution in [0.1, 0.15) is 17.2 Å². The highest BCUT2D eigenvalue weighted by Crippen LogP contribution is 2.30. The van der Waals surface area contributed by atoms with Gasteiger partial charge in [0.05, 0.1) is 6.04 Å². The summed E-state index contributed by atoms with van der Waals surface area (Å²) < 4.78 is 13.8. The Labute approximate surface area is 131 Å². The molecule has 2 aromatic carbocycles. The van der Waals surface area contributed by atoms with Crippen molar-refractivity contribution < 1.29 is 4.39 Å². The molecule has 0 aliphatic heterocycles. The lowest BCUT2D eigenvalue weighted by Crippen LogP contribution is -2.30. The second kappa shape index (κ2) is 6.74. The van der Waals surface area contributed by atoms with E-state index in [0.717, 1.165) is 0 Å². The first-order valence-corrected chi connectivity index (χ1v) is 7.00. The minimum absolute atomic E-state index is 0.266. The van der Waals surface area contributed by atoms with Gasteiger partial charge in [-0.3, -0.25) is 11.3 Å². The third-order valence-electron chi connectivity index (χ3n) is 3.00. The maximum Gasteiger partial charge on any atom is 0.127 e. The van der Waals surface area contributed by atoms with Crippen molar-refractivity contribution in [3.8, 4) is 0 Å². The first kappa shape index (κ1) is 15.5. The van der Waals surface area contributed by atoms with Crippen molar-refractivity contribution in [3.63, 3.8) is 0 Å². The average molecular weight is 334 g/mol. The maximum atomic E-state index is 13.8. The standard InChI is InChI=1S/C14H12Cl3FN2/c15-8-4-5-12(17)10(6-8)14(20-19)7-9-11(16)2-1-3-13(9)18/h1-6,14,20H,7,19H2. The molecule has 0 aliphatic rings. The molecule has 0 fully saturated rings. The Hall–Kier alpha value is -0.840. The van der Waals surface area contributed by atoms with Crippen LogP contribution in [0.2, 0.25) is 15.1 Å². The molecule has 1 unspecified atom stereocenters. The Kier molecular flexibility index (Phi) is 5.24. The SMILES string of the molecule is NNC(Cc1c(F)cccc1Cl)c1cc(Cl)ccc1Cl. The van der Waals surface area contributed by atoms with E-state index in [1.54, 1.807) is 30.3 Å². The molecule has 2 rings (SSSR count). The van der Waals surface area contributed by atoms with Crippen LogP contribution >= 0.6 is 34.8 Å². The molecular formula is C14H12Cl3FN2. The van der Waals surface area contributed by atoms with E-state index in [1.807, 2.05) is 0 Å². The van der Waals surface area contributed by atoms with E-state index in [2.05, 4.69) is 5.43 Å². The lowest BCUT2D eigenvalue weighted by atomic mass is 9.99. The van der Waals surface area contributed by atoms with Gasteiger partial charge in [0.1, 0.15) is 5.82 Å². The van der Waals surface area contributed by atoms with Crippen molar-refractivity contribution in [1.29, 1.82) is 0 Å². The van der Waals surface area contributed by atoms with Crippen LogP contribution in [-0.4, -0.2) is 0 Å². The maximum absolute atomic E-state index is 13.8. The predicted octanol–water partition coefficient (Wildman–Crippen LogP) is 4.53. The number of nitrogens with two attached hydrogens (primary N) is 1. The molecule has 2 nitrogen and oxygen atoms in total. The molecular weight excluding hydrogens is 322 g/mol. The summed E-state index contributed by atoms with van der Waals surface area (Å²) in [5.41, 5.74) is 3.70. The van der Waals surface area contributed by atoms with Crippen LogP contribution in [0.15, 0.2) is 36.4 Å². The summed E-state index contributed by atoms with van der Waals surface area (Å²) in [6.45, 7) is 0. The molecule has 0 saturated heterocycles. The molecule has 6 heteroatoms. The predicted molar refractivity (Wildman–Crippen MR) is 81.6 cm³/mol. The highest BCUT2D eigenvalue weighted by Gasteiger charge is 2.18. The van der Waals surface area contributed by atoms with Gasteiger partial charge in [0, 0.05) is 20.6 Å². The number of hydrogen-bond donors (Lipinski definition) is 2. The number of hydrazine groups is 1. The first-order valence-electron chi connectivity index (χ1n) is 5.87. The molecule has 3 N–H and O–H groups in total. The Morgan fingerprint density at radius 3 is 2.50 bits per heavy atom. The molecule has 0 heterocycles. The van der Waals surface area contributed by atoms with Gasteiger partial charge in [-0.05, 0) is 42.3 Å². The third kappa shape index (κ3) is 3.43. The molecule has 2 aromatic rings. The topological polar surface area (TPSA) is 38.0 Å². The number of benzene rings is 2. The van der Waals surface area contributed by atoms with E-state index >= 15 is 0 Å². The second-order valence-electron chi connectivity index (χ2n) is 4.29. The fourth-order valence-electron chi connectivity index (χ4n) is 1.97. The molecule has 0 saturated carbocycles. The minimum atomic E-state index is -0.393. The zero-order valence-corrected chi connectivity index (χ0v) is 12.6. The van der Waals surface area contributed by atoms with E-state index in [1.165, 1.54) is 6.07 Å². The summed E-state index contributed by atoms with van der Waals surface area (Å²) in [6, 6.07) is 9.20. The van der Waals surface area contributed by atoms with Crippen LogP contribution in [-0.2, 0) is 6.42 Å². The summed E-state index contributed by atoms with van der Waals surface area (Å²) in [5.74, 6) is 5.18. The van der Waals surface area contributed by atoms with Gasteiger partial charge in [-0.2, -0.15) is 0 Å². The molecule has 0 amide bonds. The summed E-state index contributed by atoms with van der Waals surface area (Å²) in [4.78, 5) is 0. The van der Waals surface area contributed by atoms with Gasteiger partial charge in [0.2, 0.25) is 0 Å². The van der Waals surface area contributed by atoms with Crippen LogP contribution in [0, 0.1) is 5.82 Å².